The van der Waals surface area contributed by atoms with Crippen LogP contribution in [0.5, 0.6) is 0 Å². The molecule has 0 N–H and O–H groups in total. The van der Waals surface area contributed by atoms with Gasteiger partial charge in [0.15, 0.2) is 0 Å². The van der Waals surface area contributed by atoms with E-state index in [1.54, 1.807) is 0 Å². The van der Waals surface area contributed by atoms with Gasteiger partial charge in [0.05, 0.1) is 6.42 Å². The average Bonchev–Trinajstić information content (AvgIpc) is 1.96. The molecular weight excluding hydrogens is 128 g/mol. The molecule has 0 saturated heterocycles. The molecule has 2 heteroatoms. The first kappa shape index (κ1) is 7.45. The Morgan fingerprint density at radius 2 is 2.10 bits per heavy atom. The number of ketones is 2. The normalized spacial score (nSPS) is 28.3. The van der Waals surface area contributed by atoms with E-state index in [1.165, 1.54) is 0 Å². The van der Waals surface area contributed by atoms with E-state index in [4.69, 9.17) is 0 Å². The SMILES string of the molecule is C[C@H]1CCCC(=O)CC1=O. The van der Waals surface area contributed by atoms with Crippen LogP contribution in [0.25, 0.3) is 0 Å². The fraction of sp³-hybridized carbons (Fsp3) is 0.750. The van der Waals surface area contributed by atoms with Crippen molar-refractivity contribution >= 4 is 11.6 Å². The highest BCUT2D eigenvalue weighted by Gasteiger charge is 2.20. The molecule has 1 atom stereocenters. The summed E-state index contributed by atoms with van der Waals surface area (Å²) in [4.78, 5) is 21.8. The summed E-state index contributed by atoms with van der Waals surface area (Å²) in [7, 11) is 0. The molecule has 0 aromatic rings. The van der Waals surface area contributed by atoms with E-state index in [0.717, 1.165) is 12.8 Å². The lowest BCUT2D eigenvalue weighted by Gasteiger charge is -2.01. The van der Waals surface area contributed by atoms with Crippen molar-refractivity contribution in [1.82, 2.24) is 0 Å². The van der Waals surface area contributed by atoms with Gasteiger partial charge in [-0.1, -0.05) is 6.92 Å². The Morgan fingerprint density at radius 3 is 2.80 bits per heavy atom. The maximum absolute atomic E-state index is 11.0. The second kappa shape index (κ2) is 2.95. The van der Waals surface area contributed by atoms with Gasteiger partial charge in [-0.2, -0.15) is 0 Å². The van der Waals surface area contributed by atoms with Crippen molar-refractivity contribution < 1.29 is 9.59 Å². The molecule has 1 fully saturated rings. The quantitative estimate of drug-likeness (QED) is 0.376. The predicted octanol–water partition coefficient (Wildman–Crippen LogP) is 1.33. The first-order valence-electron chi connectivity index (χ1n) is 3.74. The number of Topliss-reactive ketones (excluding diaryl/α,β-unsaturated/α-hetero) is 2. The van der Waals surface area contributed by atoms with Gasteiger partial charge in [-0.15, -0.1) is 0 Å². The van der Waals surface area contributed by atoms with Gasteiger partial charge in [0.2, 0.25) is 0 Å². The first-order valence-corrected chi connectivity index (χ1v) is 3.74. The van der Waals surface area contributed by atoms with Gasteiger partial charge in [0.25, 0.3) is 0 Å². The molecule has 56 valence electrons. The van der Waals surface area contributed by atoms with Gasteiger partial charge in [0.1, 0.15) is 11.6 Å². The van der Waals surface area contributed by atoms with Crippen molar-refractivity contribution in [1.29, 1.82) is 0 Å². The highest BCUT2D eigenvalue weighted by atomic mass is 16.1. The van der Waals surface area contributed by atoms with Crippen molar-refractivity contribution in [3.05, 3.63) is 0 Å². The van der Waals surface area contributed by atoms with E-state index in [1.807, 2.05) is 6.92 Å². The van der Waals surface area contributed by atoms with E-state index in [2.05, 4.69) is 0 Å². The zero-order valence-corrected chi connectivity index (χ0v) is 6.22. The largest absolute Gasteiger partial charge is 0.299 e. The molecule has 0 spiro atoms. The van der Waals surface area contributed by atoms with Crippen LogP contribution in [0.15, 0.2) is 0 Å². The smallest absolute Gasteiger partial charge is 0.143 e. The summed E-state index contributed by atoms with van der Waals surface area (Å²) in [5.74, 6) is 0.364. The molecule has 0 heterocycles. The van der Waals surface area contributed by atoms with Gasteiger partial charge < -0.3 is 0 Å². The average molecular weight is 140 g/mol. The molecule has 1 aliphatic carbocycles. The highest BCUT2D eigenvalue weighted by Crippen LogP contribution is 2.16. The minimum Gasteiger partial charge on any atom is -0.299 e. The van der Waals surface area contributed by atoms with Crippen LogP contribution in [0.3, 0.4) is 0 Å². The number of carbonyl (C=O) groups is 2. The van der Waals surface area contributed by atoms with E-state index >= 15 is 0 Å². The van der Waals surface area contributed by atoms with Gasteiger partial charge in [0, 0.05) is 12.3 Å². The van der Waals surface area contributed by atoms with E-state index < -0.39 is 0 Å². The molecule has 0 aliphatic heterocycles. The first-order chi connectivity index (χ1) is 4.70. The van der Waals surface area contributed by atoms with Crippen LogP contribution < -0.4 is 0 Å². The molecule has 0 aromatic carbocycles. The van der Waals surface area contributed by atoms with E-state index in [9.17, 15) is 9.59 Å². The summed E-state index contributed by atoms with van der Waals surface area (Å²) in [6.07, 6.45) is 2.58. The van der Waals surface area contributed by atoms with Crippen LogP contribution in [-0.4, -0.2) is 11.6 Å². The van der Waals surface area contributed by atoms with Crippen molar-refractivity contribution in [3.63, 3.8) is 0 Å². The number of rotatable bonds is 0. The summed E-state index contributed by atoms with van der Waals surface area (Å²) in [5.41, 5.74) is 0. The van der Waals surface area contributed by atoms with Gasteiger partial charge >= 0.3 is 0 Å². The van der Waals surface area contributed by atoms with Crippen LogP contribution in [0.1, 0.15) is 32.6 Å². The molecular formula is C8H12O2. The lowest BCUT2D eigenvalue weighted by molar-refractivity contribution is -0.127. The Morgan fingerprint density at radius 1 is 1.40 bits per heavy atom. The Hall–Kier alpha value is -0.660. The predicted molar refractivity (Wildman–Crippen MR) is 37.6 cm³/mol. The van der Waals surface area contributed by atoms with Gasteiger partial charge in [-0.25, -0.2) is 0 Å². The van der Waals surface area contributed by atoms with Crippen LogP contribution in [0, 0.1) is 5.92 Å². The topological polar surface area (TPSA) is 34.1 Å². The highest BCUT2D eigenvalue weighted by molar-refractivity contribution is 6.00. The molecule has 1 rings (SSSR count). The summed E-state index contributed by atoms with van der Waals surface area (Å²) in [6, 6.07) is 0. The zero-order valence-electron chi connectivity index (χ0n) is 6.22. The molecule has 0 radical (unpaired) electrons. The summed E-state index contributed by atoms with van der Waals surface area (Å²) < 4.78 is 0. The maximum atomic E-state index is 11.0. The minimum atomic E-state index is 0.117. The number of carbonyl (C=O) groups excluding carboxylic acids is 2. The molecule has 0 amide bonds. The molecule has 0 unspecified atom stereocenters. The van der Waals surface area contributed by atoms with Crippen LogP contribution in [-0.2, 0) is 9.59 Å². The summed E-state index contributed by atoms with van der Waals surface area (Å²) in [6.45, 7) is 1.90. The maximum Gasteiger partial charge on any atom is 0.143 e. The van der Waals surface area contributed by atoms with Crippen molar-refractivity contribution in [3.8, 4) is 0 Å². The molecule has 0 bridgehead atoms. The van der Waals surface area contributed by atoms with Crippen LogP contribution in [0.4, 0.5) is 0 Å². The number of hydrogen-bond donors (Lipinski definition) is 0. The standard InChI is InChI=1S/C8H12O2/c1-6-3-2-4-7(9)5-8(6)10/h6H,2-5H2,1H3/t6-/m0/s1. The fourth-order valence-corrected chi connectivity index (χ4v) is 1.22. The Bertz CT molecular complexity index is 161. The third kappa shape index (κ3) is 1.66. The molecule has 10 heavy (non-hydrogen) atoms. The van der Waals surface area contributed by atoms with Gasteiger partial charge in [-0.05, 0) is 12.8 Å². The van der Waals surface area contributed by atoms with Crippen molar-refractivity contribution in [2.45, 2.75) is 32.6 Å². The molecule has 1 aliphatic rings. The molecule has 1 saturated carbocycles. The van der Waals surface area contributed by atoms with E-state index in [0.29, 0.717) is 6.42 Å². The lowest BCUT2D eigenvalue weighted by atomic mass is 10.0. The lowest BCUT2D eigenvalue weighted by Crippen LogP contribution is -2.10. The second-order valence-electron chi connectivity index (χ2n) is 2.98. The second-order valence-corrected chi connectivity index (χ2v) is 2.98. The monoisotopic (exact) mass is 140 g/mol. The van der Waals surface area contributed by atoms with Gasteiger partial charge in [-0.3, -0.25) is 9.59 Å². The molecule has 2 nitrogen and oxygen atoms in total. The Kier molecular flexibility index (Phi) is 2.20. The third-order valence-electron chi connectivity index (χ3n) is 2.01. The zero-order chi connectivity index (χ0) is 7.56. The Labute approximate surface area is 60.6 Å². The van der Waals surface area contributed by atoms with E-state index in [-0.39, 0.29) is 23.9 Å². The third-order valence-corrected chi connectivity index (χ3v) is 2.01. The summed E-state index contributed by atoms with van der Waals surface area (Å²) in [5, 5.41) is 0. The van der Waals surface area contributed by atoms with Crippen molar-refractivity contribution in [2.75, 3.05) is 0 Å². The van der Waals surface area contributed by atoms with Crippen LogP contribution >= 0.6 is 0 Å². The Balaban J connectivity index is 2.57. The minimum absolute atomic E-state index is 0.117. The van der Waals surface area contributed by atoms with Crippen molar-refractivity contribution in [2.24, 2.45) is 5.92 Å². The summed E-state index contributed by atoms with van der Waals surface area (Å²) >= 11 is 0. The fourth-order valence-electron chi connectivity index (χ4n) is 1.22. The number of hydrogen-bond acceptors (Lipinski definition) is 2. The van der Waals surface area contributed by atoms with Crippen LogP contribution in [0.2, 0.25) is 0 Å². The molecule has 0 aromatic heterocycles.